The fourth-order valence-corrected chi connectivity index (χ4v) is 2.69. The minimum absolute atomic E-state index is 0.349. The lowest BCUT2D eigenvalue weighted by Gasteiger charge is -2.31. The van der Waals surface area contributed by atoms with Crippen LogP contribution >= 0.6 is 0 Å². The van der Waals surface area contributed by atoms with Gasteiger partial charge in [-0.25, -0.2) is 0 Å². The number of aryl methyl sites for hydroxylation is 1. The molecule has 1 fully saturated rings. The largest absolute Gasteiger partial charge is 0.377 e. The Kier molecular flexibility index (Phi) is 5.80. The number of aromatic nitrogens is 1. The van der Waals surface area contributed by atoms with Crippen molar-refractivity contribution in [2.75, 3.05) is 13.2 Å². The lowest BCUT2D eigenvalue weighted by Crippen LogP contribution is -2.45. The maximum atomic E-state index is 5.96. The van der Waals surface area contributed by atoms with Gasteiger partial charge in [0.1, 0.15) is 0 Å². The average Bonchev–Trinajstić information content (AvgIpc) is 2.46. The van der Waals surface area contributed by atoms with Crippen LogP contribution < -0.4 is 5.32 Å². The van der Waals surface area contributed by atoms with E-state index in [0.717, 1.165) is 26.0 Å². The lowest BCUT2D eigenvalue weighted by atomic mass is 9.96. The summed E-state index contributed by atoms with van der Waals surface area (Å²) in [5.74, 6) is 0. The van der Waals surface area contributed by atoms with E-state index in [1.165, 1.54) is 30.5 Å². The Bertz CT molecular complexity index is 375. The van der Waals surface area contributed by atoms with Crippen molar-refractivity contribution in [3.63, 3.8) is 0 Å². The molecule has 2 unspecified atom stereocenters. The second-order valence-corrected chi connectivity index (χ2v) is 5.44. The third-order valence-corrected chi connectivity index (χ3v) is 3.85. The maximum absolute atomic E-state index is 5.96. The summed E-state index contributed by atoms with van der Waals surface area (Å²) >= 11 is 0. The van der Waals surface area contributed by atoms with Crippen molar-refractivity contribution >= 4 is 0 Å². The Balaban J connectivity index is 2.02. The van der Waals surface area contributed by atoms with Crippen molar-refractivity contribution in [1.29, 1.82) is 0 Å². The summed E-state index contributed by atoms with van der Waals surface area (Å²) in [5, 5.41) is 3.65. The molecule has 0 spiro atoms. The molecule has 19 heavy (non-hydrogen) atoms. The summed E-state index contributed by atoms with van der Waals surface area (Å²) in [6.45, 7) is 6.31. The number of hydrogen-bond acceptors (Lipinski definition) is 3. The van der Waals surface area contributed by atoms with Crippen LogP contribution in [0.1, 0.15) is 43.9 Å². The van der Waals surface area contributed by atoms with Gasteiger partial charge in [-0.2, -0.15) is 0 Å². The van der Waals surface area contributed by atoms with E-state index in [1.54, 1.807) is 0 Å². The molecule has 1 N–H and O–H groups in total. The van der Waals surface area contributed by atoms with Crippen LogP contribution in [-0.4, -0.2) is 30.3 Å². The quantitative estimate of drug-likeness (QED) is 0.856. The van der Waals surface area contributed by atoms with E-state index in [1.807, 2.05) is 12.3 Å². The number of rotatable bonds is 6. The van der Waals surface area contributed by atoms with E-state index in [0.29, 0.717) is 12.1 Å². The molecule has 0 aliphatic carbocycles. The predicted molar refractivity (Wildman–Crippen MR) is 78.4 cm³/mol. The highest BCUT2D eigenvalue weighted by molar-refractivity contribution is 5.19. The van der Waals surface area contributed by atoms with Gasteiger partial charge in [0.25, 0.3) is 0 Å². The van der Waals surface area contributed by atoms with Gasteiger partial charge in [0.2, 0.25) is 0 Å². The molecule has 1 aliphatic rings. The molecule has 1 aromatic rings. The molecule has 0 radical (unpaired) electrons. The van der Waals surface area contributed by atoms with E-state index in [9.17, 15) is 0 Å². The molecule has 1 saturated heterocycles. The summed E-state index contributed by atoms with van der Waals surface area (Å²) in [4.78, 5) is 4.53. The van der Waals surface area contributed by atoms with Gasteiger partial charge >= 0.3 is 0 Å². The summed E-state index contributed by atoms with van der Waals surface area (Å²) in [7, 11) is 0. The second kappa shape index (κ2) is 7.61. The van der Waals surface area contributed by atoms with Gasteiger partial charge in [-0.1, -0.05) is 13.0 Å². The Morgan fingerprint density at radius 1 is 1.47 bits per heavy atom. The van der Waals surface area contributed by atoms with Crippen molar-refractivity contribution in [2.45, 2.75) is 58.1 Å². The number of hydrogen-bond donors (Lipinski definition) is 1. The first-order valence-electron chi connectivity index (χ1n) is 7.56. The number of pyridine rings is 1. The zero-order valence-electron chi connectivity index (χ0n) is 12.2. The summed E-state index contributed by atoms with van der Waals surface area (Å²) in [5.41, 5.74) is 2.48. The van der Waals surface area contributed by atoms with Crippen LogP contribution in [0.3, 0.4) is 0 Å². The fourth-order valence-electron chi connectivity index (χ4n) is 2.69. The maximum Gasteiger partial charge on any atom is 0.0731 e. The molecule has 0 amide bonds. The monoisotopic (exact) mass is 262 g/mol. The lowest BCUT2D eigenvalue weighted by molar-refractivity contribution is -0.00758. The van der Waals surface area contributed by atoms with Gasteiger partial charge in [0.15, 0.2) is 0 Å². The van der Waals surface area contributed by atoms with E-state index in [-0.39, 0.29) is 0 Å². The molecular weight excluding hydrogens is 236 g/mol. The molecule has 2 rings (SSSR count). The molecule has 106 valence electrons. The Hall–Kier alpha value is -0.930. The fraction of sp³-hybridized carbons (Fsp3) is 0.688. The van der Waals surface area contributed by atoms with E-state index >= 15 is 0 Å². The van der Waals surface area contributed by atoms with Gasteiger partial charge < -0.3 is 10.1 Å². The van der Waals surface area contributed by atoms with Crippen LogP contribution in [0.25, 0.3) is 0 Å². The number of nitrogens with one attached hydrogen (secondary N) is 1. The van der Waals surface area contributed by atoms with Gasteiger partial charge in [0.05, 0.1) is 6.10 Å². The highest BCUT2D eigenvalue weighted by Crippen LogP contribution is 2.19. The molecule has 3 nitrogen and oxygen atoms in total. The van der Waals surface area contributed by atoms with Crippen LogP contribution in [0.5, 0.6) is 0 Å². The standard InChI is InChI=1S/C16H26N2O/c1-3-9-17-15(16-8-4-5-11-19-16)12-14-13(2)7-6-10-18-14/h6-7,10,15-17H,3-5,8-9,11-12H2,1-2H3. The van der Waals surface area contributed by atoms with Gasteiger partial charge in [-0.05, 0) is 50.8 Å². The van der Waals surface area contributed by atoms with Gasteiger partial charge in [-0.3, -0.25) is 4.98 Å². The number of ether oxygens (including phenoxy) is 1. The minimum Gasteiger partial charge on any atom is -0.377 e. The molecule has 2 atom stereocenters. The predicted octanol–water partition coefficient (Wildman–Crippen LogP) is 2.87. The molecule has 2 heterocycles. The first kappa shape index (κ1) is 14.5. The number of nitrogens with zero attached hydrogens (tertiary/aromatic N) is 1. The third-order valence-electron chi connectivity index (χ3n) is 3.85. The molecule has 1 aromatic heterocycles. The normalized spacial score (nSPS) is 21.3. The summed E-state index contributed by atoms with van der Waals surface area (Å²) < 4.78 is 5.96. The molecule has 0 bridgehead atoms. The smallest absolute Gasteiger partial charge is 0.0731 e. The van der Waals surface area contributed by atoms with Crippen molar-refractivity contribution < 1.29 is 4.74 Å². The minimum atomic E-state index is 0.349. The van der Waals surface area contributed by atoms with E-state index in [2.05, 4.69) is 30.2 Å². The highest BCUT2D eigenvalue weighted by Gasteiger charge is 2.24. The first-order valence-corrected chi connectivity index (χ1v) is 7.56. The molecule has 0 saturated carbocycles. The molecule has 0 aromatic carbocycles. The van der Waals surface area contributed by atoms with E-state index < -0.39 is 0 Å². The van der Waals surface area contributed by atoms with Gasteiger partial charge in [0, 0.05) is 31.0 Å². The van der Waals surface area contributed by atoms with Crippen molar-refractivity contribution in [2.24, 2.45) is 0 Å². The van der Waals surface area contributed by atoms with Crippen LogP contribution in [-0.2, 0) is 11.2 Å². The summed E-state index contributed by atoms with van der Waals surface area (Å²) in [6, 6.07) is 4.54. The second-order valence-electron chi connectivity index (χ2n) is 5.44. The van der Waals surface area contributed by atoms with E-state index in [4.69, 9.17) is 4.74 Å². The first-order chi connectivity index (χ1) is 9.31. The van der Waals surface area contributed by atoms with Crippen molar-refractivity contribution in [3.05, 3.63) is 29.6 Å². The average molecular weight is 262 g/mol. The topological polar surface area (TPSA) is 34.2 Å². The van der Waals surface area contributed by atoms with Crippen LogP contribution in [0.15, 0.2) is 18.3 Å². The molecule has 3 heteroatoms. The SMILES string of the molecule is CCCNC(Cc1ncccc1C)C1CCCCO1. The third kappa shape index (κ3) is 4.29. The summed E-state index contributed by atoms with van der Waals surface area (Å²) in [6.07, 6.45) is 8.04. The van der Waals surface area contributed by atoms with Crippen molar-refractivity contribution in [3.8, 4) is 0 Å². The van der Waals surface area contributed by atoms with Crippen LogP contribution in [0, 0.1) is 6.92 Å². The zero-order chi connectivity index (χ0) is 13.5. The Morgan fingerprint density at radius 2 is 2.37 bits per heavy atom. The zero-order valence-corrected chi connectivity index (χ0v) is 12.2. The Labute approximate surface area is 116 Å². The molecular formula is C16H26N2O. The van der Waals surface area contributed by atoms with Crippen LogP contribution in [0.4, 0.5) is 0 Å². The highest BCUT2D eigenvalue weighted by atomic mass is 16.5. The van der Waals surface area contributed by atoms with Crippen LogP contribution in [0.2, 0.25) is 0 Å². The molecule has 1 aliphatic heterocycles. The Morgan fingerprint density at radius 3 is 3.05 bits per heavy atom. The van der Waals surface area contributed by atoms with Crippen molar-refractivity contribution in [1.82, 2.24) is 10.3 Å². The van der Waals surface area contributed by atoms with Gasteiger partial charge in [-0.15, -0.1) is 0 Å².